The zero-order valence-electron chi connectivity index (χ0n) is 11.4. The fourth-order valence-corrected chi connectivity index (χ4v) is 1.80. The van der Waals surface area contributed by atoms with Gasteiger partial charge in [-0.1, -0.05) is 19.9 Å². The van der Waals surface area contributed by atoms with E-state index in [1.54, 1.807) is 13.8 Å². The fraction of sp³-hybridized carbons (Fsp3) is 0.538. The minimum absolute atomic E-state index is 0. The third-order valence-electron chi connectivity index (χ3n) is 2.98. The maximum absolute atomic E-state index is 13.0. The minimum Gasteiger partial charge on any atom is -0.497 e. The summed E-state index contributed by atoms with van der Waals surface area (Å²) in [5.41, 5.74) is 4.73. The van der Waals surface area contributed by atoms with E-state index >= 15 is 0 Å². The average molecular weight is 314 g/mol. The maximum atomic E-state index is 13.0. The molecule has 1 aromatic rings. The van der Waals surface area contributed by atoms with Crippen molar-refractivity contribution in [1.82, 2.24) is 0 Å². The van der Waals surface area contributed by atoms with Gasteiger partial charge in [0.15, 0.2) is 0 Å². The van der Waals surface area contributed by atoms with Crippen LogP contribution in [0.4, 0.5) is 13.2 Å². The maximum Gasteiger partial charge on any atom is 0.416 e. The molecule has 0 aliphatic heterocycles. The number of methoxy groups -OCH3 is 1. The molecule has 0 fully saturated rings. The van der Waals surface area contributed by atoms with Gasteiger partial charge in [0.25, 0.3) is 0 Å². The van der Waals surface area contributed by atoms with E-state index in [9.17, 15) is 18.3 Å². The van der Waals surface area contributed by atoms with E-state index in [2.05, 4.69) is 0 Å². The Morgan fingerprint density at radius 3 is 2.20 bits per heavy atom. The van der Waals surface area contributed by atoms with Crippen LogP contribution in [0.1, 0.15) is 31.0 Å². The van der Waals surface area contributed by atoms with Crippen LogP contribution in [-0.2, 0) is 6.18 Å². The zero-order chi connectivity index (χ0) is 14.8. The number of halogens is 4. The molecule has 0 aromatic heterocycles. The van der Waals surface area contributed by atoms with E-state index < -0.39 is 23.9 Å². The van der Waals surface area contributed by atoms with Crippen LogP contribution in [0.3, 0.4) is 0 Å². The Labute approximate surface area is 122 Å². The molecule has 0 saturated carbocycles. The Balaban J connectivity index is 0.00000361. The molecule has 20 heavy (non-hydrogen) atoms. The first kappa shape index (κ1) is 19.0. The lowest BCUT2D eigenvalue weighted by Gasteiger charge is -2.25. The molecule has 0 aliphatic carbocycles. The molecule has 0 heterocycles. The topological polar surface area (TPSA) is 55.5 Å². The minimum atomic E-state index is -4.54. The van der Waals surface area contributed by atoms with Gasteiger partial charge in [0.05, 0.1) is 24.8 Å². The summed E-state index contributed by atoms with van der Waals surface area (Å²) < 4.78 is 43.8. The van der Waals surface area contributed by atoms with Gasteiger partial charge >= 0.3 is 6.18 Å². The molecule has 116 valence electrons. The number of aliphatic hydroxyl groups is 1. The van der Waals surface area contributed by atoms with Gasteiger partial charge in [-0.15, -0.1) is 12.4 Å². The quantitative estimate of drug-likeness (QED) is 0.898. The molecule has 3 N–H and O–H groups in total. The molecule has 0 saturated heterocycles. The number of rotatable bonds is 4. The Morgan fingerprint density at radius 2 is 1.80 bits per heavy atom. The second-order valence-corrected chi connectivity index (χ2v) is 4.71. The Bertz CT molecular complexity index is 438. The van der Waals surface area contributed by atoms with Gasteiger partial charge in [0.2, 0.25) is 0 Å². The van der Waals surface area contributed by atoms with Gasteiger partial charge in [0, 0.05) is 0 Å². The van der Waals surface area contributed by atoms with E-state index in [4.69, 9.17) is 10.5 Å². The van der Waals surface area contributed by atoms with Gasteiger partial charge in [-0.25, -0.2) is 0 Å². The van der Waals surface area contributed by atoms with E-state index in [1.165, 1.54) is 19.2 Å². The molecule has 0 unspecified atom stereocenters. The van der Waals surface area contributed by atoms with Crippen LogP contribution in [0, 0.1) is 5.92 Å². The summed E-state index contributed by atoms with van der Waals surface area (Å²) in [5, 5.41) is 9.84. The summed E-state index contributed by atoms with van der Waals surface area (Å²) in [5.74, 6) is -0.138. The number of ether oxygens (including phenoxy) is 1. The molecule has 1 rings (SSSR count). The number of aliphatic hydroxyl groups excluding tert-OH is 1. The van der Waals surface area contributed by atoms with E-state index in [0.29, 0.717) is 0 Å². The predicted molar refractivity (Wildman–Crippen MR) is 73.0 cm³/mol. The van der Waals surface area contributed by atoms with Crippen molar-refractivity contribution in [2.24, 2.45) is 11.7 Å². The standard InChI is InChI=1S/C13H18F3NO2.ClH/c1-7(2)12(18)11(17)9-5-4-8(19-3)6-10(9)13(14,15)16;/h4-7,11-12,18H,17H2,1-3H3;1H/t11-,12+;/m0./s1. The molecule has 3 nitrogen and oxygen atoms in total. The highest BCUT2D eigenvalue weighted by atomic mass is 35.5. The first-order valence-corrected chi connectivity index (χ1v) is 5.87. The molecule has 0 amide bonds. The van der Waals surface area contributed by atoms with Gasteiger partial charge in [-0.3, -0.25) is 0 Å². The Kier molecular flexibility index (Phi) is 6.80. The summed E-state index contributed by atoms with van der Waals surface area (Å²) in [6.07, 6.45) is -5.59. The van der Waals surface area contributed by atoms with Crippen molar-refractivity contribution in [2.45, 2.75) is 32.2 Å². The summed E-state index contributed by atoms with van der Waals surface area (Å²) in [7, 11) is 1.29. The SMILES string of the molecule is COc1ccc([C@H](N)[C@H](O)C(C)C)c(C(F)(F)F)c1.Cl. The highest BCUT2D eigenvalue weighted by Gasteiger charge is 2.36. The van der Waals surface area contributed by atoms with Crippen molar-refractivity contribution < 1.29 is 23.0 Å². The van der Waals surface area contributed by atoms with Crippen molar-refractivity contribution in [3.8, 4) is 5.75 Å². The lowest BCUT2D eigenvalue weighted by molar-refractivity contribution is -0.138. The second-order valence-electron chi connectivity index (χ2n) is 4.71. The van der Waals surface area contributed by atoms with Gasteiger partial charge in [0.1, 0.15) is 5.75 Å². The van der Waals surface area contributed by atoms with Crippen molar-refractivity contribution in [1.29, 1.82) is 0 Å². The van der Waals surface area contributed by atoms with Crippen LogP contribution in [0.5, 0.6) is 5.75 Å². The van der Waals surface area contributed by atoms with Gasteiger partial charge in [-0.05, 0) is 23.6 Å². The first-order chi connectivity index (χ1) is 8.68. The highest BCUT2D eigenvalue weighted by Crippen LogP contribution is 2.37. The van der Waals surface area contributed by atoms with Gasteiger partial charge in [-0.2, -0.15) is 13.2 Å². The first-order valence-electron chi connectivity index (χ1n) is 5.87. The molecule has 7 heteroatoms. The van der Waals surface area contributed by atoms with Crippen LogP contribution >= 0.6 is 12.4 Å². The predicted octanol–water partition coefficient (Wildman–Crippen LogP) is 3.15. The zero-order valence-corrected chi connectivity index (χ0v) is 12.3. The molecular formula is C13H19ClF3NO2. The number of alkyl halides is 3. The summed E-state index contributed by atoms with van der Waals surface area (Å²) in [6.45, 7) is 3.39. The lowest BCUT2D eigenvalue weighted by atomic mass is 9.91. The summed E-state index contributed by atoms with van der Waals surface area (Å²) in [4.78, 5) is 0. The molecular weight excluding hydrogens is 295 g/mol. The Morgan fingerprint density at radius 1 is 1.25 bits per heavy atom. The largest absolute Gasteiger partial charge is 0.497 e. The average Bonchev–Trinajstić information content (AvgIpc) is 2.35. The molecule has 0 radical (unpaired) electrons. The van der Waals surface area contributed by atoms with Crippen LogP contribution in [-0.4, -0.2) is 18.3 Å². The normalized spacial score (nSPS) is 14.7. The summed E-state index contributed by atoms with van der Waals surface area (Å²) in [6, 6.07) is 2.44. The summed E-state index contributed by atoms with van der Waals surface area (Å²) >= 11 is 0. The van der Waals surface area contributed by atoms with Crippen LogP contribution in [0.2, 0.25) is 0 Å². The molecule has 0 bridgehead atoms. The van der Waals surface area contributed by atoms with Crippen molar-refractivity contribution in [2.75, 3.05) is 7.11 Å². The molecule has 2 atom stereocenters. The monoisotopic (exact) mass is 313 g/mol. The van der Waals surface area contributed by atoms with Crippen LogP contribution < -0.4 is 10.5 Å². The second kappa shape index (κ2) is 7.15. The third kappa shape index (κ3) is 4.26. The fourth-order valence-electron chi connectivity index (χ4n) is 1.80. The van der Waals surface area contributed by atoms with Crippen LogP contribution in [0.15, 0.2) is 18.2 Å². The number of hydrogen-bond acceptors (Lipinski definition) is 3. The smallest absolute Gasteiger partial charge is 0.416 e. The number of benzene rings is 1. The molecule has 0 spiro atoms. The van der Waals surface area contributed by atoms with Gasteiger partial charge < -0.3 is 15.6 Å². The third-order valence-corrected chi connectivity index (χ3v) is 2.98. The van der Waals surface area contributed by atoms with Crippen molar-refractivity contribution in [3.05, 3.63) is 29.3 Å². The molecule has 1 aromatic carbocycles. The lowest BCUT2D eigenvalue weighted by Crippen LogP contribution is -2.32. The van der Waals surface area contributed by atoms with Crippen molar-refractivity contribution in [3.63, 3.8) is 0 Å². The molecule has 0 aliphatic rings. The Hall–Kier alpha value is -0.980. The number of nitrogens with two attached hydrogens (primary N) is 1. The van der Waals surface area contributed by atoms with E-state index in [1.807, 2.05) is 0 Å². The van der Waals surface area contributed by atoms with Crippen LogP contribution in [0.25, 0.3) is 0 Å². The van der Waals surface area contributed by atoms with E-state index in [-0.39, 0.29) is 29.6 Å². The van der Waals surface area contributed by atoms with Crippen molar-refractivity contribution >= 4 is 12.4 Å². The number of hydrogen-bond donors (Lipinski definition) is 2. The van der Waals surface area contributed by atoms with E-state index in [0.717, 1.165) is 6.07 Å². The highest BCUT2D eigenvalue weighted by molar-refractivity contribution is 5.85.